The maximum Gasteiger partial charge on any atom is 0.0940 e. The summed E-state index contributed by atoms with van der Waals surface area (Å²) in [6.45, 7) is 4.80. The smallest absolute Gasteiger partial charge is 0.0940 e. The third-order valence-electron chi connectivity index (χ3n) is 3.58. The highest BCUT2D eigenvalue weighted by Crippen LogP contribution is 2.21. The van der Waals surface area contributed by atoms with Gasteiger partial charge >= 0.3 is 0 Å². The number of hydrogen-bond acceptors (Lipinski definition) is 4. The van der Waals surface area contributed by atoms with E-state index in [9.17, 15) is 0 Å². The van der Waals surface area contributed by atoms with Gasteiger partial charge in [0.05, 0.1) is 5.01 Å². The molecule has 0 radical (unpaired) electrons. The Labute approximate surface area is 107 Å². The largest absolute Gasteiger partial charge is 0.309 e. The van der Waals surface area contributed by atoms with Crippen molar-refractivity contribution in [1.29, 1.82) is 0 Å². The Morgan fingerprint density at radius 2 is 2.18 bits per heavy atom. The van der Waals surface area contributed by atoms with Crippen molar-refractivity contribution < 1.29 is 0 Å². The molecule has 0 unspecified atom stereocenters. The van der Waals surface area contributed by atoms with Gasteiger partial charge in [0.25, 0.3) is 0 Å². The number of likely N-dealkylation sites (tertiary alicyclic amines) is 1. The first-order valence-electron chi connectivity index (χ1n) is 6.79. The molecule has 2 heterocycles. The molecular formula is C13H21N3S. The number of aromatic nitrogens is 1. The number of nitrogens with zero attached hydrogens (tertiary/aromatic N) is 2. The lowest BCUT2D eigenvalue weighted by atomic mass is 10.4. The molecule has 17 heavy (non-hydrogen) atoms. The second-order valence-corrected chi connectivity index (χ2v) is 6.37. The maximum absolute atomic E-state index is 4.53. The summed E-state index contributed by atoms with van der Waals surface area (Å²) in [5.41, 5.74) is 0. The van der Waals surface area contributed by atoms with Gasteiger partial charge in [-0.3, -0.25) is 0 Å². The van der Waals surface area contributed by atoms with Gasteiger partial charge in [0.1, 0.15) is 0 Å². The molecule has 2 fully saturated rings. The molecule has 1 saturated heterocycles. The maximum atomic E-state index is 4.53. The Bertz CT molecular complexity index is 353. The van der Waals surface area contributed by atoms with Crippen LogP contribution in [-0.2, 0) is 13.0 Å². The molecule has 0 aromatic carbocycles. The fraction of sp³-hybridized carbons (Fsp3) is 0.769. The molecule has 1 aliphatic heterocycles. The topological polar surface area (TPSA) is 28.2 Å². The second kappa shape index (κ2) is 5.46. The molecule has 0 atom stereocenters. The zero-order valence-corrected chi connectivity index (χ0v) is 11.1. The minimum Gasteiger partial charge on any atom is -0.309 e. The van der Waals surface area contributed by atoms with Crippen LogP contribution < -0.4 is 5.32 Å². The predicted molar refractivity (Wildman–Crippen MR) is 71.4 cm³/mol. The van der Waals surface area contributed by atoms with E-state index in [2.05, 4.69) is 21.4 Å². The highest BCUT2D eigenvalue weighted by atomic mass is 32.1. The second-order valence-electron chi connectivity index (χ2n) is 5.17. The summed E-state index contributed by atoms with van der Waals surface area (Å²) in [7, 11) is 0. The molecule has 1 saturated carbocycles. The Morgan fingerprint density at radius 1 is 1.35 bits per heavy atom. The Morgan fingerprint density at radius 3 is 2.94 bits per heavy atom. The first kappa shape index (κ1) is 11.6. The normalized spacial score (nSPS) is 21.2. The number of rotatable bonds is 6. The molecule has 94 valence electrons. The van der Waals surface area contributed by atoms with Gasteiger partial charge < -0.3 is 10.2 Å². The molecular weight excluding hydrogens is 230 g/mol. The van der Waals surface area contributed by atoms with Crippen LogP contribution in [0.2, 0.25) is 0 Å². The number of thiazole rings is 1. The molecule has 3 rings (SSSR count). The predicted octanol–water partition coefficient (Wildman–Crippen LogP) is 2.03. The molecule has 2 aliphatic rings. The fourth-order valence-corrected chi connectivity index (χ4v) is 3.20. The average Bonchev–Trinajstić information content (AvgIpc) is 2.86. The van der Waals surface area contributed by atoms with Crippen molar-refractivity contribution in [2.45, 2.75) is 44.7 Å². The van der Waals surface area contributed by atoms with Gasteiger partial charge in [0, 0.05) is 36.6 Å². The average molecular weight is 251 g/mol. The van der Waals surface area contributed by atoms with Crippen LogP contribution in [0.1, 0.15) is 35.6 Å². The minimum atomic E-state index is 0.796. The Balaban J connectivity index is 1.42. The summed E-state index contributed by atoms with van der Waals surface area (Å²) >= 11 is 1.89. The monoisotopic (exact) mass is 251 g/mol. The van der Waals surface area contributed by atoms with Gasteiger partial charge in [0.2, 0.25) is 0 Å². The van der Waals surface area contributed by atoms with Gasteiger partial charge in [-0.2, -0.15) is 0 Å². The zero-order valence-electron chi connectivity index (χ0n) is 10.3. The van der Waals surface area contributed by atoms with E-state index in [1.54, 1.807) is 0 Å². The van der Waals surface area contributed by atoms with E-state index in [1.165, 1.54) is 55.2 Å². The molecule has 1 N–H and O–H groups in total. The lowest BCUT2D eigenvalue weighted by molar-refractivity contribution is 0.343. The van der Waals surface area contributed by atoms with Crippen LogP contribution in [0, 0.1) is 0 Å². The van der Waals surface area contributed by atoms with Crippen molar-refractivity contribution in [3.05, 3.63) is 16.1 Å². The summed E-state index contributed by atoms with van der Waals surface area (Å²) in [5, 5.41) is 4.85. The first-order chi connectivity index (χ1) is 8.40. The van der Waals surface area contributed by atoms with E-state index in [-0.39, 0.29) is 0 Å². The van der Waals surface area contributed by atoms with Crippen molar-refractivity contribution in [3.8, 4) is 0 Å². The van der Waals surface area contributed by atoms with Crippen LogP contribution >= 0.6 is 11.3 Å². The highest BCUT2D eigenvalue weighted by molar-refractivity contribution is 7.11. The van der Waals surface area contributed by atoms with Crippen molar-refractivity contribution in [2.75, 3.05) is 19.6 Å². The molecule has 3 nitrogen and oxygen atoms in total. The molecule has 0 spiro atoms. The van der Waals surface area contributed by atoms with Gasteiger partial charge in [0.15, 0.2) is 0 Å². The van der Waals surface area contributed by atoms with E-state index in [0.29, 0.717) is 0 Å². The van der Waals surface area contributed by atoms with Gasteiger partial charge in [-0.15, -0.1) is 11.3 Å². The Hall–Kier alpha value is -0.450. The van der Waals surface area contributed by atoms with E-state index < -0.39 is 0 Å². The molecule has 1 aliphatic carbocycles. The van der Waals surface area contributed by atoms with Gasteiger partial charge in [-0.05, 0) is 38.8 Å². The first-order valence-corrected chi connectivity index (χ1v) is 7.61. The molecule has 1 aromatic heterocycles. The molecule has 0 amide bonds. The van der Waals surface area contributed by atoms with Crippen LogP contribution in [0.4, 0.5) is 0 Å². The molecule has 4 heteroatoms. The van der Waals surface area contributed by atoms with E-state index >= 15 is 0 Å². The number of nitrogens with one attached hydrogen (secondary N) is 1. The van der Waals surface area contributed by atoms with Crippen molar-refractivity contribution in [3.63, 3.8) is 0 Å². The minimum absolute atomic E-state index is 0.796. The van der Waals surface area contributed by atoms with Crippen molar-refractivity contribution in [1.82, 2.24) is 15.2 Å². The summed E-state index contributed by atoms with van der Waals surface area (Å²) in [4.78, 5) is 8.48. The zero-order chi connectivity index (χ0) is 11.5. The van der Waals surface area contributed by atoms with Crippen LogP contribution in [0.3, 0.4) is 0 Å². The van der Waals surface area contributed by atoms with Crippen LogP contribution in [0.15, 0.2) is 6.20 Å². The summed E-state index contributed by atoms with van der Waals surface area (Å²) in [6.07, 6.45) is 8.68. The summed E-state index contributed by atoms with van der Waals surface area (Å²) in [6, 6.07) is 0.796. The number of hydrogen-bond donors (Lipinski definition) is 1. The van der Waals surface area contributed by atoms with E-state index in [4.69, 9.17) is 0 Å². The van der Waals surface area contributed by atoms with Crippen LogP contribution in [0.25, 0.3) is 0 Å². The summed E-state index contributed by atoms with van der Waals surface area (Å²) in [5.74, 6) is 0. The molecule has 1 aromatic rings. The van der Waals surface area contributed by atoms with Crippen molar-refractivity contribution >= 4 is 11.3 Å². The lowest BCUT2D eigenvalue weighted by Gasteiger charge is -2.12. The third kappa shape index (κ3) is 3.50. The fourth-order valence-electron chi connectivity index (χ4n) is 2.34. The Kier molecular flexibility index (Phi) is 3.74. The lowest BCUT2D eigenvalue weighted by Crippen LogP contribution is -2.21. The van der Waals surface area contributed by atoms with Gasteiger partial charge in [-0.25, -0.2) is 4.98 Å². The summed E-state index contributed by atoms with van der Waals surface area (Å²) < 4.78 is 0. The highest BCUT2D eigenvalue weighted by Gasteiger charge is 2.20. The third-order valence-corrected chi connectivity index (χ3v) is 4.64. The van der Waals surface area contributed by atoms with E-state index in [0.717, 1.165) is 19.0 Å². The van der Waals surface area contributed by atoms with Gasteiger partial charge in [-0.1, -0.05) is 0 Å². The van der Waals surface area contributed by atoms with Crippen LogP contribution in [-0.4, -0.2) is 35.6 Å². The SMILES string of the molecule is c1nc(CCN2CCCC2)sc1CNC1CC1. The van der Waals surface area contributed by atoms with E-state index in [1.807, 2.05) is 11.3 Å². The standard InChI is InChI=1S/C13H21N3S/c1-2-7-16(6-1)8-5-13-15-10-12(17-13)9-14-11-3-4-11/h10-11,14H,1-9H2. The van der Waals surface area contributed by atoms with Crippen LogP contribution in [0.5, 0.6) is 0 Å². The quantitative estimate of drug-likeness (QED) is 0.838. The van der Waals surface area contributed by atoms with Crippen molar-refractivity contribution in [2.24, 2.45) is 0 Å². The molecule has 0 bridgehead atoms.